The molecule has 0 bridgehead atoms. The number of ether oxygens (including phenoxy) is 3. The fraction of sp³-hybridized carbons (Fsp3) is 0.286. The van der Waals surface area contributed by atoms with Gasteiger partial charge >= 0.3 is 5.97 Å². The molecule has 0 unspecified atom stereocenters. The smallest absolute Gasteiger partial charge is 0.339 e. The van der Waals surface area contributed by atoms with Gasteiger partial charge in [0.15, 0.2) is 17.6 Å². The van der Waals surface area contributed by atoms with Gasteiger partial charge in [-0.3, -0.25) is 9.59 Å². The Morgan fingerprint density at radius 1 is 0.966 bits per heavy atom. The van der Waals surface area contributed by atoms with E-state index in [-0.39, 0.29) is 11.5 Å². The average molecular weight is 400 g/mol. The molecule has 154 valence electrons. The van der Waals surface area contributed by atoms with E-state index in [0.29, 0.717) is 29.5 Å². The number of carbonyl (C=O) groups excluding carboxylic acids is 3. The average Bonchev–Trinajstić information content (AvgIpc) is 2.69. The number of amides is 2. The van der Waals surface area contributed by atoms with Gasteiger partial charge in [-0.05, 0) is 56.3 Å². The van der Waals surface area contributed by atoms with Crippen molar-refractivity contribution < 1.29 is 28.6 Å². The Kier molecular flexibility index (Phi) is 7.59. The summed E-state index contributed by atoms with van der Waals surface area (Å²) >= 11 is 0. The maximum atomic E-state index is 12.4. The lowest BCUT2D eigenvalue weighted by atomic mass is 10.2. The molecular formula is C21H24N2O6. The number of rotatable bonds is 8. The lowest BCUT2D eigenvalue weighted by Gasteiger charge is -2.15. The van der Waals surface area contributed by atoms with Crippen molar-refractivity contribution in [2.45, 2.75) is 26.9 Å². The first-order valence-corrected chi connectivity index (χ1v) is 9.04. The molecule has 2 rings (SSSR count). The summed E-state index contributed by atoms with van der Waals surface area (Å²) in [6.45, 7) is 5.12. The third kappa shape index (κ3) is 6.24. The van der Waals surface area contributed by atoms with E-state index in [2.05, 4.69) is 10.6 Å². The molecular weight excluding hydrogens is 376 g/mol. The second-order valence-electron chi connectivity index (χ2n) is 6.09. The first-order valence-electron chi connectivity index (χ1n) is 9.04. The molecule has 2 N–H and O–H groups in total. The van der Waals surface area contributed by atoms with E-state index in [1.165, 1.54) is 33.1 Å². The number of carbonyl (C=O) groups is 3. The second-order valence-corrected chi connectivity index (χ2v) is 6.09. The number of anilines is 2. The quantitative estimate of drug-likeness (QED) is 0.660. The van der Waals surface area contributed by atoms with E-state index in [0.717, 1.165) is 0 Å². The standard InChI is InChI=1S/C21H24N2O6/c1-5-28-19-12-15(6-11-18(19)27-4)21(26)29-13(2)20(25)23-17-9-7-16(8-10-17)22-14(3)24/h6-13H,5H2,1-4H3,(H,22,24)(H,23,25)/t13-/m0/s1. The molecule has 0 aliphatic heterocycles. The van der Waals surface area contributed by atoms with Crippen molar-refractivity contribution in [3.8, 4) is 11.5 Å². The summed E-state index contributed by atoms with van der Waals surface area (Å²) in [4.78, 5) is 35.7. The molecule has 8 heteroatoms. The molecule has 29 heavy (non-hydrogen) atoms. The Bertz CT molecular complexity index is 879. The van der Waals surface area contributed by atoms with Crippen LogP contribution in [0.15, 0.2) is 42.5 Å². The van der Waals surface area contributed by atoms with Crippen molar-refractivity contribution in [2.75, 3.05) is 24.4 Å². The largest absolute Gasteiger partial charge is 0.493 e. The Hall–Kier alpha value is -3.55. The van der Waals surface area contributed by atoms with Crippen molar-refractivity contribution in [1.29, 1.82) is 0 Å². The molecule has 2 aromatic carbocycles. The zero-order valence-electron chi connectivity index (χ0n) is 16.8. The van der Waals surface area contributed by atoms with Gasteiger partial charge in [0.25, 0.3) is 5.91 Å². The molecule has 0 heterocycles. The Morgan fingerprint density at radius 2 is 1.59 bits per heavy atom. The zero-order valence-corrected chi connectivity index (χ0v) is 16.8. The van der Waals surface area contributed by atoms with Gasteiger partial charge in [-0.1, -0.05) is 0 Å². The highest BCUT2D eigenvalue weighted by atomic mass is 16.5. The van der Waals surface area contributed by atoms with Crippen LogP contribution >= 0.6 is 0 Å². The van der Waals surface area contributed by atoms with E-state index in [9.17, 15) is 14.4 Å². The molecule has 0 fully saturated rings. The summed E-state index contributed by atoms with van der Waals surface area (Å²) in [5, 5.41) is 5.29. The fourth-order valence-corrected chi connectivity index (χ4v) is 2.44. The van der Waals surface area contributed by atoms with Gasteiger partial charge in [0, 0.05) is 18.3 Å². The van der Waals surface area contributed by atoms with Crippen molar-refractivity contribution in [3.63, 3.8) is 0 Å². The summed E-state index contributed by atoms with van der Waals surface area (Å²) in [7, 11) is 1.50. The molecule has 0 spiro atoms. The number of methoxy groups -OCH3 is 1. The van der Waals surface area contributed by atoms with Crippen LogP contribution in [0.4, 0.5) is 11.4 Å². The minimum atomic E-state index is -1.02. The van der Waals surface area contributed by atoms with Crippen molar-refractivity contribution in [2.24, 2.45) is 0 Å². The molecule has 2 aromatic rings. The lowest BCUT2D eigenvalue weighted by Crippen LogP contribution is -2.30. The number of benzene rings is 2. The van der Waals surface area contributed by atoms with Gasteiger partial charge in [0.05, 0.1) is 19.3 Å². The fourth-order valence-electron chi connectivity index (χ4n) is 2.44. The number of hydrogen-bond acceptors (Lipinski definition) is 6. The molecule has 0 saturated heterocycles. The van der Waals surface area contributed by atoms with E-state index >= 15 is 0 Å². The third-order valence-electron chi connectivity index (χ3n) is 3.83. The highest BCUT2D eigenvalue weighted by Crippen LogP contribution is 2.28. The van der Waals surface area contributed by atoms with Gasteiger partial charge in [0.1, 0.15) is 0 Å². The zero-order chi connectivity index (χ0) is 21.4. The lowest BCUT2D eigenvalue weighted by molar-refractivity contribution is -0.123. The van der Waals surface area contributed by atoms with E-state index in [1.54, 1.807) is 30.3 Å². The molecule has 2 amide bonds. The van der Waals surface area contributed by atoms with E-state index < -0.39 is 18.0 Å². The molecule has 0 aliphatic carbocycles. The maximum absolute atomic E-state index is 12.4. The summed E-state index contributed by atoms with van der Waals surface area (Å²) in [5.41, 5.74) is 1.36. The molecule has 1 atom stereocenters. The monoisotopic (exact) mass is 400 g/mol. The Morgan fingerprint density at radius 3 is 2.14 bits per heavy atom. The van der Waals surface area contributed by atoms with Gasteiger partial charge in [-0.25, -0.2) is 4.79 Å². The number of hydrogen-bond donors (Lipinski definition) is 2. The van der Waals surface area contributed by atoms with Crippen LogP contribution in [0.1, 0.15) is 31.1 Å². The third-order valence-corrected chi connectivity index (χ3v) is 3.83. The first-order chi connectivity index (χ1) is 13.8. The summed E-state index contributed by atoms with van der Waals surface area (Å²) < 4.78 is 15.9. The molecule has 0 saturated carbocycles. The van der Waals surface area contributed by atoms with Crippen LogP contribution in [0.25, 0.3) is 0 Å². The van der Waals surface area contributed by atoms with Crippen LogP contribution in [-0.2, 0) is 14.3 Å². The van der Waals surface area contributed by atoms with Crippen molar-refractivity contribution in [3.05, 3.63) is 48.0 Å². The van der Waals surface area contributed by atoms with E-state index in [1.807, 2.05) is 6.92 Å². The van der Waals surface area contributed by atoms with Gasteiger partial charge in [0.2, 0.25) is 5.91 Å². The molecule has 0 aliphatic rings. The first kappa shape index (κ1) is 21.7. The van der Waals surface area contributed by atoms with Crippen LogP contribution in [0.3, 0.4) is 0 Å². The highest BCUT2D eigenvalue weighted by molar-refractivity contribution is 5.98. The number of esters is 1. The van der Waals surface area contributed by atoms with Gasteiger partial charge < -0.3 is 24.8 Å². The summed E-state index contributed by atoms with van der Waals surface area (Å²) in [5.74, 6) is -0.410. The predicted molar refractivity (Wildman–Crippen MR) is 108 cm³/mol. The Balaban J connectivity index is 1.99. The normalized spacial score (nSPS) is 11.2. The number of nitrogens with one attached hydrogen (secondary N) is 2. The SMILES string of the molecule is CCOc1cc(C(=O)O[C@@H](C)C(=O)Nc2ccc(NC(C)=O)cc2)ccc1OC. The van der Waals surface area contributed by atoms with Crippen LogP contribution in [0.2, 0.25) is 0 Å². The predicted octanol–water partition coefficient (Wildman–Crippen LogP) is 3.24. The van der Waals surface area contributed by atoms with Crippen LogP contribution < -0.4 is 20.1 Å². The van der Waals surface area contributed by atoms with Gasteiger partial charge in [-0.2, -0.15) is 0 Å². The van der Waals surface area contributed by atoms with Crippen LogP contribution in [0.5, 0.6) is 11.5 Å². The maximum Gasteiger partial charge on any atom is 0.339 e. The summed E-state index contributed by atoms with van der Waals surface area (Å²) in [6.07, 6.45) is -1.02. The minimum absolute atomic E-state index is 0.187. The highest BCUT2D eigenvalue weighted by Gasteiger charge is 2.20. The molecule has 8 nitrogen and oxygen atoms in total. The Labute approximate surface area is 169 Å². The van der Waals surface area contributed by atoms with Crippen molar-refractivity contribution in [1.82, 2.24) is 0 Å². The molecule has 0 radical (unpaired) electrons. The minimum Gasteiger partial charge on any atom is -0.493 e. The summed E-state index contributed by atoms with van der Waals surface area (Å²) in [6, 6.07) is 11.2. The van der Waals surface area contributed by atoms with Crippen LogP contribution in [-0.4, -0.2) is 37.6 Å². The van der Waals surface area contributed by atoms with E-state index in [4.69, 9.17) is 14.2 Å². The molecule has 0 aromatic heterocycles. The topological polar surface area (TPSA) is 103 Å². The second kappa shape index (κ2) is 10.1. The van der Waals surface area contributed by atoms with Crippen LogP contribution in [0, 0.1) is 0 Å². The van der Waals surface area contributed by atoms with Gasteiger partial charge in [-0.15, -0.1) is 0 Å². The van der Waals surface area contributed by atoms with Crippen molar-refractivity contribution >= 4 is 29.2 Å².